The Labute approximate surface area is 502 Å². The average molecular weight is 1210 g/mol. The topological polar surface area (TPSA) is 231 Å². The van der Waals surface area contributed by atoms with Crippen molar-refractivity contribution in [1.29, 1.82) is 0 Å². The van der Waals surface area contributed by atoms with E-state index in [2.05, 4.69) is 106 Å². The lowest BCUT2D eigenvalue weighted by Gasteiger charge is -2.21. The van der Waals surface area contributed by atoms with Crippen molar-refractivity contribution in [2.24, 2.45) is 0 Å². The molecule has 0 saturated carbocycles. The summed E-state index contributed by atoms with van der Waals surface area (Å²) in [5.74, 6) is -1.62. The molecule has 5 atom stereocenters. The van der Waals surface area contributed by atoms with Crippen molar-refractivity contribution in [3.05, 3.63) is 85.1 Å². The van der Waals surface area contributed by atoms with E-state index in [1.165, 1.54) is 77.0 Å². The Morgan fingerprint density at radius 3 is 1.06 bits per heavy atom. The van der Waals surface area contributed by atoms with Crippen LogP contribution in [0.25, 0.3) is 0 Å². The van der Waals surface area contributed by atoms with Gasteiger partial charge < -0.3 is 34.2 Å². The third-order valence-electron chi connectivity index (χ3n) is 13.1. The summed E-state index contributed by atoms with van der Waals surface area (Å²) in [6, 6.07) is 0. The van der Waals surface area contributed by atoms with Gasteiger partial charge in [0.2, 0.25) is 0 Å². The van der Waals surface area contributed by atoms with Gasteiger partial charge in [-0.05, 0) is 96.3 Å². The van der Waals surface area contributed by atoms with Gasteiger partial charge in [-0.3, -0.25) is 32.5 Å². The summed E-state index contributed by atoms with van der Waals surface area (Å²) in [7, 11) is -9.77. The molecule has 0 aromatic carbocycles. The maximum Gasteiger partial charge on any atom is 0.472 e. The van der Waals surface area contributed by atoms with Crippen molar-refractivity contribution in [1.82, 2.24) is 0 Å². The molecule has 0 amide bonds. The van der Waals surface area contributed by atoms with E-state index in [-0.39, 0.29) is 19.3 Å². The largest absolute Gasteiger partial charge is 0.472 e. The van der Waals surface area contributed by atoms with Gasteiger partial charge in [0.1, 0.15) is 25.4 Å². The normalized spacial score (nSPS) is 14.9. The quantitative estimate of drug-likeness (QED) is 0.0146. The van der Waals surface area contributed by atoms with Crippen LogP contribution in [0.2, 0.25) is 0 Å². The number of rotatable bonds is 60. The molecular formula is C65H114O16P2. The molecule has 0 spiro atoms. The van der Waals surface area contributed by atoms with Crippen molar-refractivity contribution in [2.75, 3.05) is 39.6 Å². The first kappa shape index (κ1) is 79.7. The lowest BCUT2D eigenvalue weighted by atomic mass is 10.0. The van der Waals surface area contributed by atoms with Crippen molar-refractivity contribution >= 4 is 33.6 Å². The zero-order valence-corrected chi connectivity index (χ0v) is 53.4. The fraction of sp³-hybridized carbons (Fsp3) is 0.738. The van der Waals surface area contributed by atoms with Crippen LogP contribution in [0.4, 0.5) is 0 Å². The maximum atomic E-state index is 12.9. The fourth-order valence-electron chi connectivity index (χ4n) is 8.21. The first-order valence-electron chi connectivity index (χ1n) is 31.9. The van der Waals surface area contributed by atoms with Crippen molar-refractivity contribution in [2.45, 2.75) is 270 Å². The van der Waals surface area contributed by atoms with E-state index in [0.717, 1.165) is 116 Å². The summed E-state index contributed by atoms with van der Waals surface area (Å²) in [5.41, 5.74) is 0. The number of hydrogen-bond acceptors (Lipinski definition) is 14. The van der Waals surface area contributed by atoms with E-state index in [1.807, 2.05) is 0 Å². The molecule has 0 bridgehead atoms. The first-order valence-corrected chi connectivity index (χ1v) is 34.9. The third-order valence-corrected chi connectivity index (χ3v) is 15.0. The third kappa shape index (κ3) is 60.2. The number of carbonyl (C=O) groups excluding carboxylic acids is 3. The predicted molar refractivity (Wildman–Crippen MR) is 334 cm³/mol. The number of allylic oxidation sites excluding steroid dienone is 14. The van der Waals surface area contributed by atoms with Gasteiger partial charge in [-0.2, -0.15) is 0 Å². The van der Waals surface area contributed by atoms with E-state index in [0.29, 0.717) is 19.3 Å². The Morgan fingerprint density at radius 2 is 0.639 bits per heavy atom. The van der Waals surface area contributed by atoms with Gasteiger partial charge >= 0.3 is 33.6 Å². The number of carbonyl (C=O) groups is 3. The van der Waals surface area contributed by atoms with Crippen LogP contribution in [0.1, 0.15) is 252 Å². The molecule has 16 nitrogen and oxygen atoms in total. The molecule has 0 heterocycles. The van der Waals surface area contributed by atoms with Crippen molar-refractivity contribution in [3.8, 4) is 0 Å². The molecule has 18 heteroatoms. The van der Waals surface area contributed by atoms with E-state index >= 15 is 0 Å². The van der Waals surface area contributed by atoms with Gasteiger partial charge in [0.15, 0.2) is 6.10 Å². The summed E-state index contributed by atoms with van der Waals surface area (Å²) in [5, 5.41) is 20.5. The molecule has 0 rings (SSSR count). The molecule has 0 aliphatic carbocycles. The molecule has 0 saturated heterocycles. The number of esters is 3. The van der Waals surface area contributed by atoms with Crippen LogP contribution in [0.3, 0.4) is 0 Å². The number of unbranched alkanes of at least 4 members (excludes halogenated alkanes) is 23. The molecule has 0 aromatic heterocycles. The molecule has 4 N–H and O–H groups in total. The average Bonchev–Trinajstić information content (AvgIpc) is 3.47. The summed E-state index contributed by atoms with van der Waals surface area (Å²) in [6.45, 7) is 2.47. The Balaban J connectivity index is 4.64. The molecule has 0 aliphatic rings. The van der Waals surface area contributed by atoms with Crippen LogP contribution in [-0.4, -0.2) is 95.9 Å². The Kier molecular flexibility index (Phi) is 56.8. The lowest BCUT2D eigenvalue weighted by Crippen LogP contribution is -2.30. The maximum absolute atomic E-state index is 12.9. The van der Waals surface area contributed by atoms with Crippen LogP contribution >= 0.6 is 15.6 Å². The number of hydrogen-bond donors (Lipinski definition) is 4. The van der Waals surface area contributed by atoms with E-state index in [1.54, 1.807) is 0 Å². The summed E-state index contributed by atoms with van der Waals surface area (Å²) in [6.07, 6.45) is 60.8. The molecule has 5 unspecified atom stereocenters. The Hall–Kier alpha value is -3.27. The fourth-order valence-corrected chi connectivity index (χ4v) is 9.80. The molecule has 0 aliphatic heterocycles. The highest BCUT2D eigenvalue weighted by atomic mass is 31.2. The Morgan fingerprint density at radius 1 is 0.349 bits per heavy atom. The minimum absolute atomic E-state index is 0.106. The zero-order chi connectivity index (χ0) is 61.0. The number of ether oxygens (including phenoxy) is 3. The standard InChI is InChI=1S/C65H114O16P2/c1-4-7-10-13-16-19-22-25-26-27-28-29-30-31-32-35-37-39-42-45-48-51-63(68)75-54-60(66)55-77-82(71,72)78-56-61(67)57-79-83(73,74)80-59-62(81-65(70)53-50-47-44-41-38-34-24-21-18-15-12-9-6-3)58-76-64(69)52-49-46-43-40-36-33-23-20-17-14-11-8-5-2/h7,10,16,19-20,23,25-26,28-29,31-32,37,39,60-62,66-67H,4-6,8-9,11-15,17-18,21-22,24,27,30,33-36,38,40-59H2,1-3H3,(H,71,72)(H,73,74)/b10-7-,19-16-,23-20-,26-25-,29-28-,32-31-,39-37-. The van der Waals surface area contributed by atoms with Crippen LogP contribution in [0.5, 0.6) is 0 Å². The van der Waals surface area contributed by atoms with Crippen LogP contribution in [0, 0.1) is 0 Å². The van der Waals surface area contributed by atoms with Gasteiger partial charge in [-0.1, -0.05) is 221 Å². The van der Waals surface area contributed by atoms with E-state index < -0.39 is 91.5 Å². The second-order valence-corrected chi connectivity index (χ2v) is 24.1. The summed E-state index contributed by atoms with van der Waals surface area (Å²) in [4.78, 5) is 58.1. The molecule has 0 aromatic rings. The van der Waals surface area contributed by atoms with Gasteiger partial charge in [0, 0.05) is 19.3 Å². The van der Waals surface area contributed by atoms with Gasteiger partial charge in [0.05, 0.1) is 26.4 Å². The highest BCUT2D eigenvalue weighted by molar-refractivity contribution is 7.47. The SMILES string of the molecule is CC/C=C\C/C=C\C/C=C\C/C=C\C/C=C\C/C=C\CCCCC(=O)OCC(O)COP(=O)(O)OCC(O)COP(=O)(O)OCC(COC(=O)CCCCCCC/C=C\CCCCCC)OC(=O)CCCCCCCCCCCCCCC. The monoisotopic (exact) mass is 1210 g/mol. The van der Waals surface area contributed by atoms with E-state index in [4.69, 9.17) is 32.3 Å². The second kappa shape index (κ2) is 59.1. The van der Waals surface area contributed by atoms with Crippen LogP contribution in [0.15, 0.2) is 85.1 Å². The van der Waals surface area contributed by atoms with E-state index in [9.17, 15) is 43.5 Å². The number of phosphoric ester groups is 2. The highest BCUT2D eigenvalue weighted by Crippen LogP contribution is 2.45. The van der Waals surface area contributed by atoms with Crippen LogP contribution < -0.4 is 0 Å². The van der Waals surface area contributed by atoms with Gasteiger partial charge in [0.25, 0.3) is 0 Å². The summed E-state index contributed by atoms with van der Waals surface area (Å²) >= 11 is 0. The highest BCUT2D eigenvalue weighted by Gasteiger charge is 2.29. The predicted octanol–water partition coefficient (Wildman–Crippen LogP) is 17.0. The number of aliphatic hydroxyl groups is 2. The molecular weight excluding hydrogens is 1100 g/mol. The molecule has 0 radical (unpaired) electrons. The first-order chi connectivity index (χ1) is 40.2. The molecule has 0 fully saturated rings. The van der Waals surface area contributed by atoms with Crippen molar-refractivity contribution in [3.63, 3.8) is 0 Å². The van der Waals surface area contributed by atoms with Crippen molar-refractivity contribution < 1.29 is 75.8 Å². The minimum Gasteiger partial charge on any atom is -0.463 e. The number of aliphatic hydroxyl groups excluding tert-OH is 2. The summed E-state index contributed by atoms with van der Waals surface area (Å²) < 4.78 is 60.7. The minimum atomic E-state index is -4.92. The number of phosphoric acid groups is 2. The Bertz CT molecular complexity index is 1860. The zero-order valence-electron chi connectivity index (χ0n) is 51.6. The van der Waals surface area contributed by atoms with Gasteiger partial charge in [-0.25, -0.2) is 9.13 Å². The van der Waals surface area contributed by atoms with Gasteiger partial charge in [-0.15, -0.1) is 0 Å². The lowest BCUT2D eigenvalue weighted by molar-refractivity contribution is -0.161. The van der Waals surface area contributed by atoms with Crippen LogP contribution in [-0.2, 0) is 55.8 Å². The molecule has 83 heavy (non-hydrogen) atoms. The molecule has 480 valence electrons. The smallest absolute Gasteiger partial charge is 0.463 e. The second-order valence-electron chi connectivity index (χ2n) is 21.2.